The minimum atomic E-state index is -0.904. The second kappa shape index (κ2) is 11.2. The first-order valence-corrected chi connectivity index (χ1v) is 15.6. The predicted octanol–water partition coefficient (Wildman–Crippen LogP) is 4.85. The summed E-state index contributed by atoms with van der Waals surface area (Å²) in [4.78, 5) is 82.6. The molecule has 4 aliphatic rings. The minimum absolute atomic E-state index is 0.109. The van der Waals surface area contributed by atoms with E-state index >= 15 is 0 Å². The van der Waals surface area contributed by atoms with Gasteiger partial charge < -0.3 is 9.84 Å². The lowest BCUT2D eigenvalue weighted by Gasteiger charge is -2.44. The Morgan fingerprint density at radius 2 is 1.23 bits per heavy atom. The molecule has 6 unspecified atom stereocenters. The van der Waals surface area contributed by atoms with Crippen molar-refractivity contribution >= 4 is 46.6 Å². The molecule has 0 radical (unpaired) electrons. The van der Waals surface area contributed by atoms with E-state index in [0.29, 0.717) is 33.8 Å². The van der Waals surface area contributed by atoms with E-state index in [4.69, 9.17) is 4.74 Å². The van der Waals surface area contributed by atoms with E-state index in [0.717, 1.165) is 10.5 Å². The van der Waals surface area contributed by atoms with Gasteiger partial charge in [-0.2, -0.15) is 0 Å². The summed E-state index contributed by atoms with van der Waals surface area (Å²) in [6, 6.07) is 17.4. The first-order chi connectivity index (χ1) is 22.5. The molecule has 4 amide bonds. The van der Waals surface area contributed by atoms with Gasteiger partial charge in [-0.15, -0.1) is 0 Å². The van der Waals surface area contributed by atoms with Crippen molar-refractivity contribution in [3.8, 4) is 11.5 Å². The minimum Gasteiger partial charge on any atom is -0.508 e. The number of methoxy groups -OCH3 is 1. The van der Waals surface area contributed by atoms with E-state index in [-0.39, 0.29) is 36.1 Å². The smallest absolute Gasteiger partial charge is 0.238 e. The zero-order valence-electron chi connectivity index (χ0n) is 26.0. The molecule has 3 fully saturated rings. The molecule has 3 aromatic rings. The quantitative estimate of drug-likeness (QED) is 0.231. The van der Waals surface area contributed by atoms with E-state index in [1.807, 2.05) is 6.08 Å². The molecule has 1 saturated carbocycles. The van der Waals surface area contributed by atoms with Crippen molar-refractivity contribution in [2.45, 2.75) is 32.6 Å². The van der Waals surface area contributed by atoms with Crippen LogP contribution in [0.15, 0.2) is 78.4 Å². The first-order valence-electron chi connectivity index (χ1n) is 15.6. The van der Waals surface area contributed by atoms with Gasteiger partial charge in [0, 0.05) is 22.6 Å². The van der Waals surface area contributed by atoms with Gasteiger partial charge in [-0.25, -0.2) is 0 Å². The fraction of sp³-hybridized carbons (Fsp3) is 0.297. The largest absolute Gasteiger partial charge is 0.508 e. The number of hydrogen-bond donors (Lipinski definition) is 1. The lowest BCUT2D eigenvalue weighted by atomic mass is 9.57. The van der Waals surface area contributed by atoms with Crippen LogP contribution in [-0.4, -0.2) is 47.4 Å². The summed E-state index contributed by atoms with van der Waals surface area (Å²) >= 11 is 0. The van der Waals surface area contributed by atoms with Crippen LogP contribution in [0.3, 0.4) is 0 Å². The molecule has 0 aromatic heterocycles. The Hall–Kier alpha value is -5.38. The highest BCUT2D eigenvalue weighted by Crippen LogP contribution is 2.60. The van der Waals surface area contributed by atoms with Gasteiger partial charge in [0.1, 0.15) is 11.5 Å². The maximum atomic E-state index is 14.3. The van der Waals surface area contributed by atoms with Gasteiger partial charge >= 0.3 is 0 Å². The fourth-order valence-electron chi connectivity index (χ4n) is 8.13. The molecule has 0 spiro atoms. The molecule has 7 rings (SSSR count). The third-order valence-electron chi connectivity index (χ3n) is 10.3. The Balaban J connectivity index is 1.33. The number of carbonyl (C=O) groups excluding carboxylic acids is 6. The first kappa shape index (κ1) is 30.3. The van der Waals surface area contributed by atoms with E-state index in [1.165, 1.54) is 31.9 Å². The Bertz CT molecular complexity index is 1910. The predicted molar refractivity (Wildman–Crippen MR) is 170 cm³/mol. The number of hydrogen-bond acceptors (Lipinski definition) is 8. The van der Waals surface area contributed by atoms with Crippen LogP contribution in [0.25, 0.3) is 0 Å². The summed E-state index contributed by atoms with van der Waals surface area (Å²) in [6.07, 6.45) is 2.30. The number of phenolic OH excluding ortho intramolecular Hbond substituents is 1. The summed E-state index contributed by atoms with van der Waals surface area (Å²) in [6.45, 7) is 2.87. The molecule has 238 valence electrons. The average Bonchev–Trinajstić information content (AvgIpc) is 3.47. The van der Waals surface area contributed by atoms with Crippen molar-refractivity contribution in [2.24, 2.45) is 29.6 Å². The van der Waals surface area contributed by atoms with Crippen LogP contribution >= 0.6 is 0 Å². The summed E-state index contributed by atoms with van der Waals surface area (Å²) in [5.74, 6) is -6.30. The number of amides is 4. The van der Waals surface area contributed by atoms with Gasteiger partial charge in [-0.3, -0.25) is 38.6 Å². The Morgan fingerprint density at radius 3 is 1.77 bits per heavy atom. The number of anilines is 2. The van der Waals surface area contributed by atoms with Gasteiger partial charge in [0.05, 0.1) is 42.2 Å². The van der Waals surface area contributed by atoms with E-state index in [2.05, 4.69) is 0 Å². The number of aromatic hydroxyl groups is 1. The average molecular weight is 633 g/mol. The normalized spacial score (nSPS) is 26.5. The van der Waals surface area contributed by atoms with Crippen LogP contribution in [0.4, 0.5) is 11.4 Å². The fourth-order valence-corrected chi connectivity index (χ4v) is 8.13. The molecule has 2 saturated heterocycles. The zero-order chi connectivity index (χ0) is 33.3. The Kier molecular flexibility index (Phi) is 7.18. The van der Waals surface area contributed by atoms with Gasteiger partial charge in [-0.1, -0.05) is 17.7 Å². The maximum Gasteiger partial charge on any atom is 0.238 e. The van der Waals surface area contributed by atoms with Crippen molar-refractivity contribution in [3.63, 3.8) is 0 Å². The van der Waals surface area contributed by atoms with Crippen LogP contribution in [-0.2, 0) is 19.2 Å². The summed E-state index contributed by atoms with van der Waals surface area (Å²) in [5, 5.41) is 11.2. The second-order valence-electron chi connectivity index (χ2n) is 12.6. The summed E-state index contributed by atoms with van der Waals surface area (Å²) in [7, 11) is 1.46. The van der Waals surface area contributed by atoms with Crippen molar-refractivity contribution in [1.82, 2.24) is 0 Å². The van der Waals surface area contributed by atoms with Crippen LogP contribution < -0.4 is 14.5 Å². The lowest BCUT2D eigenvalue weighted by molar-refractivity contribution is -0.126. The SMILES string of the molecule is COc1cccc(O)c1C1C2=CCC3C(=O)N(c4ccc(C(C)=O)cc4)C(=O)C3C2CC2C(=O)N(c3ccc(C(C)=O)cc3)C(=O)C21. The second-order valence-corrected chi connectivity index (χ2v) is 12.6. The number of benzene rings is 3. The number of ketones is 2. The Labute approximate surface area is 270 Å². The number of fused-ring (bicyclic) bond motifs is 4. The van der Waals surface area contributed by atoms with Crippen LogP contribution in [0.5, 0.6) is 11.5 Å². The molecule has 2 aliphatic carbocycles. The number of carbonyl (C=O) groups is 6. The molecule has 3 aromatic carbocycles. The van der Waals surface area contributed by atoms with Crippen molar-refractivity contribution < 1.29 is 38.6 Å². The maximum absolute atomic E-state index is 14.3. The number of allylic oxidation sites excluding steroid dienone is 2. The summed E-state index contributed by atoms with van der Waals surface area (Å²) < 4.78 is 5.66. The highest BCUT2D eigenvalue weighted by molar-refractivity contribution is 6.24. The van der Waals surface area contributed by atoms with Crippen LogP contribution in [0.1, 0.15) is 58.9 Å². The van der Waals surface area contributed by atoms with Gasteiger partial charge in [-0.05, 0) is 93.3 Å². The van der Waals surface area contributed by atoms with Crippen molar-refractivity contribution in [2.75, 3.05) is 16.9 Å². The van der Waals surface area contributed by atoms with Crippen LogP contribution in [0.2, 0.25) is 0 Å². The van der Waals surface area contributed by atoms with E-state index in [9.17, 15) is 33.9 Å². The van der Waals surface area contributed by atoms with Gasteiger partial charge in [0.15, 0.2) is 11.6 Å². The number of rotatable bonds is 6. The Morgan fingerprint density at radius 1 is 0.702 bits per heavy atom. The molecular weight excluding hydrogens is 600 g/mol. The van der Waals surface area contributed by atoms with Gasteiger partial charge in [0.25, 0.3) is 0 Å². The number of imide groups is 2. The molecule has 10 heteroatoms. The summed E-state index contributed by atoms with van der Waals surface area (Å²) in [5.41, 5.74) is 2.65. The highest BCUT2D eigenvalue weighted by atomic mass is 16.5. The molecule has 10 nitrogen and oxygen atoms in total. The number of ether oxygens (including phenoxy) is 1. The third kappa shape index (κ3) is 4.53. The lowest BCUT2D eigenvalue weighted by Crippen LogP contribution is -2.43. The standard InChI is InChI=1S/C37H32N2O8/c1-18(40)20-7-11-22(12-8-20)38-34(43)25-16-15-24-26(30(25)36(38)45)17-27-32(31(24)33-28(42)5-4-6-29(33)47-3)37(46)39(35(27)44)23-13-9-21(10-14-23)19(2)41/h4-15,25-27,30-32,42H,16-17H2,1-3H3. The molecular formula is C37H32N2O8. The monoisotopic (exact) mass is 632 g/mol. The van der Waals surface area contributed by atoms with Crippen LogP contribution in [0, 0.1) is 29.6 Å². The van der Waals surface area contributed by atoms with Crippen molar-refractivity contribution in [1.29, 1.82) is 0 Å². The molecule has 2 heterocycles. The highest BCUT2D eigenvalue weighted by Gasteiger charge is 2.63. The number of Topliss-reactive ketones (excluding diaryl/α,β-unsaturated/α-hetero) is 2. The van der Waals surface area contributed by atoms with E-state index < -0.39 is 53.2 Å². The number of nitrogens with zero attached hydrogens (tertiary/aromatic N) is 2. The zero-order valence-corrected chi connectivity index (χ0v) is 26.0. The third-order valence-corrected chi connectivity index (χ3v) is 10.3. The molecule has 1 N–H and O–H groups in total. The molecule has 6 atom stereocenters. The van der Waals surface area contributed by atoms with Gasteiger partial charge in [0.2, 0.25) is 23.6 Å². The molecule has 0 bridgehead atoms. The topological polar surface area (TPSA) is 138 Å². The molecule has 47 heavy (non-hydrogen) atoms. The van der Waals surface area contributed by atoms with Crippen molar-refractivity contribution in [3.05, 3.63) is 95.1 Å². The number of phenols is 1. The molecule has 2 aliphatic heterocycles. The van der Waals surface area contributed by atoms with E-state index in [1.54, 1.807) is 60.7 Å².